The zero-order chi connectivity index (χ0) is 13.9. The Hall–Kier alpha value is -2.13. The van der Waals surface area contributed by atoms with Crippen LogP contribution in [0.5, 0.6) is 0 Å². The molecule has 2 aromatic carbocycles. The van der Waals surface area contributed by atoms with E-state index in [0.717, 1.165) is 11.1 Å². The van der Waals surface area contributed by atoms with Gasteiger partial charge in [-0.25, -0.2) is 0 Å². The fraction of sp³-hybridized carbons (Fsp3) is 0.235. The Morgan fingerprint density at radius 1 is 1.00 bits per heavy atom. The van der Waals surface area contributed by atoms with Crippen molar-refractivity contribution in [3.63, 3.8) is 0 Å². The first kappa shape index (κ1) is 12.9. The fourth-order valence-electron chi connectivity index (χ4n) is 2.54. The van der Waals surface area contributed by atoms with Gasteiger partial charge >= 0.3 is 0 Å². The number of β-amino-alcohol motifs (C(OH)–C–C–N with tert-alkyl or cyclic N) is 1. The number of hydrogen-bond donors (Lipinski definition) is 1. The fourth-order valence-corrected chi connectivity index (χ4v) is 2.54. The highest BCUT2D eigenvalue weighted by atomic mass is 16.3. The lowest BCUT2D eigenvalue weighted by Gasteiger charge is -2.15. The second kappa shape index (κ2) is 5.47. The Kier molecular flexibility index (Phi) is 3.52. The van der Waals surface area contributed by atoms with Crippen molar-refractivity contribution in [3.8, 4) is 11.1 Å². The molecule has 0 saturated carbocycles. The summed E-state index contributed by atoms with van der Waals surface area (Å²) in [7, 11) is 0. The standard InChI is InChI=1S/C17H17NO2/c19-16-10-11-18(12-16)17(20)15-8-6-14(7-9-15)13-4-2-1-3-5-13/h1-9,16,19H,10-12H2/t16-/m0/s1. The molecule has 0 radical (unpaired) electrons. The summed E-state index contributed by atoms with van der Waals surface area (Å²) in [6, 6.07) is 17.7. The monoisotopic (exact) mass is 267 g/mol. The minimum absolute atomic E-state index is 0.00108. The lowest BCUT2D eigenvalue weighted by molar-refractivity contribution is 0.0765. The van der Waals surface area contributed by atoms with Gasteiger partial charge in [0.25, 0.3) is 5.91 Å². The molecule has 1 aliphatic heterocycles. The molecule has 1 N–H and O–H groups in total. The molecule has 1 amide bonds. The molecule has 102 valence electrons. The van der Waals surface area contributed by atoms with E-state index in [2.05, 4.69) is 0 Å². The van der Waals surface area contributed by atoms with Crippen LogP contribution in [-0.4, -0.2) is 35.1 Å². The molecule has 0 aliphatic carbocycles. The summed E-state index contributed by atoms with van der Waals surface area (Å²) in [5, 5.41) is 9.49. The van der Waals surface area contributed by atoms with Crippen LogP contribution in [0.25, 0.3) is 11.1 Å². The topological polar surface area (TPSA) is 40.5 Å². The van der Waals surface area contributed by atoms with Crippen LogP contribution in [0.3, 0.4) is 0 Å². The van der Waals surface area contributed by atoms with Gasteiger partial charge in [0.15, 0.2) is 0 Å². The second-order valence-electron chi connectivity index (χ2n) is 5.14. The van der Waals surface area contributed by atoms with Gasteiger partial charge in [0.1, 0.15) is 0 Å². The molecule has 1 aliphatic rings. The van der Waals surface area contributed by atoms with Gasteiger partial charge in [-0.15, -0.1) is 0 Å². The summed E-state index contributed by atoms with van der Waals surface area (Å²) in [6.07, 6.45) is 0.302. The molecule has 1 heterocycles. The van der Waals surface area contributed by atoms with Crippen LogP contribution in [0.1, 0.15) is 16.8 Å². The van der Waals surface area contributed by atoms with Gasteiger partial charge in [-0.1, -0.05) is 42.5 Å². The first-order valence-electron chi connectivity index (χ1n) is 6.87. The van der Waals surface area contributed by atoms with E-state index in [4.69, 9.17) is 0 Å². The quantitative estimate of drug-likeness (QED) is 0.908. The molecule has 3 heteroatoms. The van der Waals surface area contributed by atoms with Crippen LogP contribution >= 0.6 is 0 Å². The maximum Gasteiger partial charge on any atom is 0.253 e. The molecule has 20 heavy (non-hydrogen) atoms. The van der Waals surface area contributed by atoms with Crippen molar-refractivity contribution >= 4 is 5.91 Å². The Bertz CT molecular complexity index is 592. The van der Waals surface area contributed by atoms with Crippen molar-refractivity contribution < 1.29 is 9.90 Å². The predicted octanol–water partition coefficient (Wildman–Crippen LogP) is 2.56. The third-order valence-corrected chi connectivity index (χ3v) is 3.69. The largest absolute Gasteiger partial charge is 0.391 e. The first-order valence-corrected chi connectivity index (χ1v) is 6.87. The van der Waals surface area contributed by atoms with Crippen LogP contribution in [0.15, 0.2) is 54.6 Å². The van der Waals surface area contributed by atoms with E-state index in [1.54, 1.807) is 4.90 Å². The molecule has 0 unspecified atom stereocenters. The number of aliphatic hydroxyl groups is 1. The number of rotatable bonds is 2. The number of hydrogen-bond acceptors (Lipinski definition) is 2. The molecular weight excluding hydrogens is 250 g/mol. The number of benzene rings is 2. The summed E-state index contributed by atoms with van der Waals surface area (Å²) < 4.78 is 0. The smallest absolute Gasteiger partial charge is 0.253 e. The van der Waals surface area contributed by atoms with Crippen molar-refractivity contribution in [2.45, 2.75) is 12.5 Å². The molecule has 3 nitrogen and oxygen atoms in total. The van der Waals surface area contributed by atoms with Gasteiger partial charge in [-0.3, -0.25) is 4.79 Å². The highest BCUT2D eigenvalue weighted by Crippen LogP contribution is 2.20. The summed E-state index contributed by atoms with van der Waals surface area (Å²) in [4.78, 5) is 14.0. The predicted molar refractivity (Wildman–Crippen MR) is 78.4 cm³/mol. The average molecular weight is 267 g/mol. The van der Waals surface area contributed by atoms with Crippen molar-refractivity contribution in [2.24, 2.45) is 0 Å². The van der Waals surface area contributed by atoms with Crippen molar-refractivity contribution in [1.29, 1.82) is 0 Å². The Morgan fingerprint density at radius 2 is 1.65 bits per heavy atom. The van der Waals surface area contributed by atoms with Gasteiger partial charge in [-0.2, -0.15) is 0 Å². The maximum absolute atomic E-state index is 12.3. The van der Waals surface area contributed by atoms with Gasteiger partial charge in [0, 0.05) is 18.7 Å². The Morgan fingerprint density at radius 3 is 2.25 bits per heavy atom. The summed E-state index contributed by atoms with van der Waals surface area (Å²) in [6.45, 7) is 1.08. The zero-order valence-electron chi connectivity index (χ0n) is 11.2. The van der Waals surface area contributed by atoms with Crippen LogP contribution in [0.4, 0.5) is 0 Å². The van der Waals surface area contributed by atoms with Gasteiger partial charge in [-0.05, 0) is 29.7 Å². The van der Waals surface area contributed by atoms with E-state index in [9.17, 15) is 9.90 Å². The van der Waals surface area contributed by atoms with E-state index < -0.39 is 0 Å². The first-order chi connectivity index (χ1) is 9.74. The van der Waals surface area contributed by atoms with E-state index in [-0.39, 0.29) is 12.0 Å². The molecule has 2 aromatic rings. The van der Waals surface area contributed by atoms with Crippen LogP contribution in [0, 0.1) is 0 Å². The third-order valence-electron chi connectivity index (χ3n) is 3.69. The van der Waals surface area contributed by atoms with E-state index in [1.165, 1.54) is 0 Å². The zero-order valence-corrected chi connectivity index (χ0v) is 11.2. The van der Waals surface area contributed by atoms with Gasteiger partial charge < -0.3 is 10.0 Å². The molecule has 3 rings (SSSR count). The van der Waals surface area contributed by atoms with Crippen LogP contribution < -0.4 is 0 Å². The number of amides is 1. The Labute approximate surface area is 118 Å². The maximum atomic E-state index is 12.3. The second-order valence-corrected chi connectivity index (χ2v) is 5.14. The number of likely N-dealkylation sites (tertiary alicyclic amines) is 1. The summed E-state index contributed by atoms with van der Waals surface area (Å²) >= 11 is 0. The minimum Gasteiger partial charge on any atom is -0.391 e. The molecule has 0 bridgehead atoms. The SMILES string of the molecule is O=C(c1ccc(-c2ccccc2)cc1)N1CC[C@H](O)C1. The van der Waals surface area contributed by atoms with Gasteiger partial charge in [0.05, 0.1) is 6.10 Å². The molecule has 1 fully saturated rings. The van der Waals surface area contributed by atoms with E-state index >= 15 is 0 Å². The number of nitrogens with zero attached hydrogens (tertiary/aromatic N) is 1. The minimum atomic E-state index is -0.373. The highest BCUT2D eigenvalue weighted by molar-refractivity contribution is 5.94. The van der Waals surface area contributed by atoms with Crippen molar-refractivity contribution in [3.05, 3.63) is 60.2 Å². The molecule has 0 aromatic heterocycles. The third kappa shape index (κ3) is 2.58. The van der Waals surface area contributed by atoms with Crippen molar-refractivity contribution in [2.75, 3.05) is 13.1 Å². The Balaban J connectivity index is 1.78. The van der Waals surface area contributed by atoms with E-state index in [0.29, 0.717) is 25.1 Å². The van der Waals surface area contributed by atoms with Crippen LogP contribution in [-0.2, 0) is 0 Å². The molecule has 1 saturated heterocycles. The summed E-state index contributed by atoms with van der Waals surface area (Å²) in [5.74, 6) is 0.00108. The molecular formula is C17H17NO2. The number of aliphatic hydroxyl groups excluding tert-OH is 1. The lowest BCUT2D eigenvalue weighted by atomic mass is 10.0. The van der Waals surface area contributed by atoms with E-state index in [1.807, 2.05) is 54.6 Å². The average Bonchev–Trinajstić information content (AvgIpc) is 2.94. The molecule has 1 atom stereocenters. The van der Waals surface area contributed by atoms with Gasteiger partial charge in [0.2, 0.25) is 0 Å². The normalized spacial score (nSPS) is 18.2. The number of carbonyl (C=O) groups excluding carboxylic acids is 1. The molecule has 0 spiro atoms. The lowest BCUT2D eigenvalue weighted by Crippen LogP contribution is -2.29. The summed E-state index contributed by atoms with van der Waals surface area (Å²) in [5.41, 5.74) is 2.92. The van der Waals surface area contributed by atoms with Crippen LogP contribution in [0.2, 0.25) is 0 Å². The number of carbonyl (C=O) groups is 1. The van der Waals surface area contributed by atoms with Crippen molar-refractivity contribution in [1.82, 2.24) is 4.90 Å². The highest BCUT2D eigenvalue weighted by Gasteiger charge is 2.25.